The molecule has 5 aromatic rings. The Kier molecular flexibility index (Phi) is 11.4. The minimum Gasteiger partial charge on any atom is -0.399 e. The first kappa shape index (κ1) is 35.5. The summed E-state index contributed by atoms with van der Waals surface area (Å²) < 4.78 is 90.6. The lowest BCUT2D eigenvalue weighted by molar-refractivity contribution is -0.697. The summed E-state index contributed by atoms with van der Waals surface area (Å²) in [5.41, 5.74) is 4.15. The van der Waals surface area contributed by atoms with Crippen molar-refractivity contribution in [3.05, 3.63) is 146 Å². The molecule has 50 heavy (non-hydrogen) atoms. The van der Waals surface area contributed by atoms with Crippen molar-refractivity contribution in [1.29, 1.82) is 0 Å². The first-order chi connectivity index (χ1) is 24.0. The highest BCUT2D eigenvalue weighted by molar-refractivity contribution is 5.88. The van der Waals surface area contributed by atoms with Gasteiger partial charge >= 0.3 is 12.7 Å². The van der Waals surface area contributed by atoms with Gasteiger partial charge in [0.1, 0.15) is 6.54 Å². The first-order valence-electron chi connectivity index (χ1n) is 15.5. The van der Waals surface area contributed by atoms with Gasteiger partial charge in [-0.15, -0.1) is 26.3 Å². The molecule has 0 aliphatic heterocycles. The highest BCUT2D eigenvalue weighted by Gasteiger charge is 2.34. The van der Waals surface area contributed by atoms with Gasteiger partial charge in [-0.3, -0.25) is 4.99 Å². The SMILES string of the molecule is C/C=C\C(=C/C=NCCC[n+]1ccc(-c2cc[n+](-c3ccccc3OC(F)(F)F)cc2)cc1)c1cc[n+](-c2ccccc2OC(F)(F)F)cc1. The van der Waals surface area contributed by atoms with Crippen molar-refractivity contribution in [1.82, 2.24) is 0 Å². The number of rotatable bonds is 12. The summed E-state index contributed by atoms with van der Waals surface area (Å²) in [5, 5.41) is 0. The maximum absolute atomic E-state index is 12.9. The molecule has 0 fully saturated rings. The van der Waals surface area contributed by atoms with Crippen LogP contribution in [0.25, 0.3) is 28.1 Å². The summed E-state index contributed by atoms with van der Waals surface area (Å²) in [7, 11) is 0. The molecule has 0 amide bonds. The minimum absolute atomic E-state index is 0.263. The van der Waals surface area contributed by atoms with Gasteiger partial charge < -0.3 is 9.47 Å². The van der Waals surface area contributed by atoms with Crippen molar-refractivity contribution < 1.29 is 49.5 Å². The summed E-state index contributed by atoms with van der Waals surface area (Å²) in [6.07, 6.45) is 9.32. The van der Waals surface area contributed by atoms with Crippen LogP contribution in [0.2, 0.25) is 0 Å². The Bertz CT molecular complexity index is 1950. The fourth-order valence-electron chi connectivity index (χ4n) is 5.10. The van der Waals surface area contributed by atoms with Gasteiger partial charge in [0.2, 0.25) is 11.5 Å². The topological polar surface area (TPSA) is 42.5 Å². The molecule has 256 valence electrons. The molecule has 0 atom stereocenters. The van der Waals surface area contributed by atoms with Crippen molar-refractivity contribution in [2.24, 2.45) is 4.99 Å². The lowest BCUT2D eigenvalue weighted by atomic mass is 10.1. The van der Waals surface area contributed by atoms with Crippen molar-refractivity contribution in [3.8, 4) is 34.0 Å². The summed E-state index contributed by atoms with van der Waals surface area (Å²) in [5.74, 6) is -0.577. The number of ether oxygens (including phenoxy) is 2. The number of benzene rings is 2. The average molecular weight is 692 g/mol. The van der Waals surface area contributed by atoms with E-state index in [9.17, 15) is 26.3 Å². The fourth-order valence-corrected chi connectivity index (χ4v) is 5.10. The number of halogens is 6. The van der Waals surface area contributed by atoms with Crippen LogP contribution in [-0.2, 0) is 6.54 Å². The molecule has 3 heterocycles. The molecule has 3 aromatic heterocycles. The molecule has 0 bridgehead atoms. The van der Waals surface area contributed by atoms with Gasteiger partial charge in [-0.1, -0.05) is 36.4 Å². The number of aryl methyl sites for hydroxylation is 1. The predicted octanol–water partition coefficient (Wildman–Crippen LogP) is 8.11. The van der Waals surface area contributed by atoms with E-state index in [2.05, 4.69) is 14.5 Å². The number of pyridine rings is 3. The first-order valence-corrected chi connectivity index (χ1v) is 15.5. The van der Waals surface area contributed by atoms with E-state index in [0.29, 0.717) is 6.54 Å². The Hall–Kier alpha value is -5.78. The van der Waals surface area contributed by atoms with E-state index in [1.807, 2.05) is 78.5 Å². The number of para-hydroxylation sites is 4. The maximum atomic E-state index is 12.9. The second-order valence-corrected chi connectivity index (χ2v) is 10.9. The molecule has 12 heteroatoms. The van der Waals surface area contributed by atoms with Crippen molar-refractivity contribution in [2.75, 3.05) is 6.54 Å². The van der Waals surface area contributed by atoms with E-state index in [-0.39, 0.29) is 22.9 Å². The van der Waals surface area contributed by atoms with Crippen molar-refractivity contribution in [3.63, 3.8) is 0 Å². The van der Waals surface area contributed by atoms with Gasteiger partial charge in [0.15, 0.2) is 37.2 Å². The Morgan fingerprint density at radius 2 is 1.14 bits per heavy atom. The third-order valence-electron chi connectivity index (χ3n) is 7.36. The van der Waals surface area contributed by atoms with Crippen LogP contribution in [-0.4, -0.2) is 25.5 Å². The molecule has 0 aliphatic rings. The second-order valence-electron chi connectivity index (χ2n) is 10.9. The molecule has 0 unspecified atom stereocenters. The van der Waals surface area contributed by atoms with Crippen LogP contribution in [0.15, 0.2) is 145 Å². The van der Waals surface area contributed by atoms with E-state index >= 15 is 0 Å². The molecule has 6 nitrogen and oxygen atoms in total. The Balaban J connectivity index is 1.15. The van der Waals surface area contributed by atoms with Crippen LogP contribution in [0, 0.1) is 0 Å². The second kappa shape index (κ2) is 16.1. The molecule has 0 saturated carbocycles. The zero-order valence-electron chi connectivity index (χ0n) is 26.9. The lowest BCUT2D eigenvalue weighted by Crippen LogP contribution is -2.33. The summed E-state index contributed by atoms with van der Waals surface area (Å²) in [6.45, 7) is 3.23. The third-order valence-corrected chi connectivity index (χ3v) is 7.36. The number of alkyl halides is 6. The fraction of sp³-hybridized carbons (Fsp3) is 0.158. The van der Waals surface area contributed by atoms with Gasteiger partial charge in [-0.25, -0.2) is 4.57 Å². The normalized spacial score (nSPS) is 12.5. The number of allylic oxidation sites excluding steroid dienone is 4. The van der Waals surface area contributed by atoms with Crippen LogP contribution < -0.4 is 23.2 Å². The van der Waals surface area contributed by atoms with Gasteiger partial charge in [0, 0.05) is 67.7 Å². The molecule has 0 aliphatic carbocycles. The lowest BCUT2D eigenvalue weighted by Gasteiger charge is -2.10. The van der Waals surface area contributed by atoms with Gasteiger partial charge in [-0.05, 0) is 47.4 Å². The van der Waals surface area contributed by atoms with Crippen LogP contribution in [0.3, 0.4) is 0 Å². The molecular formula is C38H33F6N4O2+3. The van der Waals surface area contributed by atoms with Crippen LogP contribution in [0.4, 0.5) is 26.3 Å². The van der Waals surface area contributed by atoms with Gasteiger partial charge in [0.25, 0.3) is 11.4 Å². The third kappa shape index (κ3) is 10.1. The molecular weight excluding hydrogens is 658 g/mol. The van der Waals surface area contributed by atoms with Crippen LogP contribution >= 0.6 is 0 Å². The number of hydrogen-bond donors (Lipinski definition) is 0. The highest BCUT2D eigenvalue weighted by Crippen LogP contribution is 2.28. The van der Waals surface area contributed by atoms with E-state index in [0.717, 1.165) is 35.2 Å². The summed E-state index contributed by atoms with van der Waals surface area (Å²) in [4.78, 5) is 4.52. The molecule has 0 spiro atoms. The maximum Gasteiger partial charge on any atom is 0.573 e. The number of aromatic nitrogens is 3. The van der Waals surface area contributed by atoms with Gasteiger partial charge in [-0.2, -0.15) is 9.13 Å². The molecule has 0 saturated heterocycles. The quantitative estimate of drug-likeness (QED) is 0.0437. The number of nitrogens with zero attached hydrogens (tertiary/aromatic N) is 4. The van der Waals surface area contributed by atoms with Crippen LogP contribution in [0.1, 0.15) is 18.9 Å². The number of hydrogen-bond acceptors (Lipinski definition) is 3. The van der Waals surface area contributed by atoms with Gasteiger partial charge in [0.05, 0.1) is 0 Å². The smallest absolute Gasteiger partial charge is 0.399 e. The monoisotopic (exact) mass is 691 g/mol. The predicted molar refractivity (Wildman–Crippen MR) is 176 cm³/mol. The average Bonchev–Trinajstić information content (AvgIpc) is 3.09. The molecule has 0 N–H and O–H groups in total. The Labute approximate surface area is 285 Å². The molecule has 2 aromatic carbocycles. The Morgan fingerprint density at radius 1 is 0.660 bits per heavy atom. The Morgan fingerprint density at radius 3 is 1.64 bits per heavy atom. The van der Waals surface area contributed by atoms with Crippen molar-refractivity contribution in [2.45, 2.75) is 32.6 Å². The van der Waals surface area contributed by atoms with E-state index in [1.54, 1.807) is 64.4 Å². The summed E-state index contributed by atoms with van der Waals surface area (Å²) >= 11 is 0. The highest BCUT2D eigenvalue weighted by atomic mass is 19.4. The minimum atomic E-state index is -4.80. The van der Waals surface area contributed by atoms with E-state index in [1.165, 1.54) is 24.3 Å². The standard InChI is InChI=1S/C38H33F6N4O2/c1-2-8-29(31-16-25-47(26-17-31)33-9-3-5-11-35(33)49-37(39,40)41)13-21-45-20-7-22-46-23-14-30(15-24-46)32-18-27-48(28-19-32)34-10-4-6-12-36(34)50-38(42,43)44/h2-6,8-19,21,23-28H,7,20,22H2,1H3/q+3/b8-2-,29-13+,45-21?. The summed E-state index contributed by atoms with van der Waals surface area (Å²) in [6, 6.07) is 23.1. The van der Waals surface area contributed by atoms with Crippen molar-refractivity contribution >= 4 is 11.8 Å². The van der Waals surface area contributed by atoms with Crippen LogP contribution in [0.5, 0.6) is 11.5 Å². The van der Waals surface area contributed by atoms with E-state index < -0.39 is 12.7 Å². The zero-order chi connectivity index (χ0) is 35.6. The molecule has 5 rings (SSSR count). The number of aliphatic imine (C=N–C) groups is 1. The zero-order valence-corrected chi connectivity index (χ0v) is 26.9. The van der Waals surface area contributed by atoms with E-state index in [4.69, 9.17) is 0 Å². The largest absolute Gasteiger partial charge is 0.573 e. The molecule has 0 radical (unpaired) electrons.